The summed E-state index contributed by atoms with van der Waals surface area (Å²) >= 11 is 0. The van der Waals surface area contributed by atoms with E-state index in [1.807, 2.05) is 42.1 Å². The Morgan fingerprint density at radius 2 is 1.97 bits per heavy atom. The molecule has 3 aromatic rings. The maximum Gasteiger partial charge on any atom is 0.255 e. The Morgan fingerprint density at radius 1 is 1.15 bits per heavy atom. The number of hydrogen-bond acceptors (Lipinski definition) is 6. The number of carbonyl (C=O) groups is 2. The van der Waals surface area contributed by atoms with E-state index in [9.17, 15) is 9.59 Å². The average molecular weight is 450 g/mol. The van der Waals surface area contributed by atoms with Gasteiger partial charge in [0, 0.05) is 25.5 Å². The maximum absolute atomic E-state index is 12.8. The molecule has 1 heterocycles. The molecule has 1 unspecified atom stereocenters. The fourth-order valence-corrected chi connectivity index (χ4v) is 3.19. The monoisotopic (exact) mass is 450 g/mol. The van der Waals surface area contributed by atoms with Gasteiger partial charge in [-0.3, -0.25) is 9.59 Å². The van der Waals surface area contributed by atoms with Gasteiger partial charge in [0.15, 0.2) is 18.1 Å². The van der Waals surface area contributed by atoms with E-state index < -0.39 is 11.9 Å². The van der Waals surface area contributed by atoms with E-state index >= 15 is 0 Å². The summed E-state index contributed by atoms with van der Waals surface area (Å²) in [4.78, 5) is 28.1. The molecule has 2 amide bonds. The molecule has 0 spiro atoms. The molecule has 0 aliphatic heterocycles. The molecule has 0 radical (unpaired) electrons. The highest BCUT2D eigenvalue weighted by Crippen LogP contribution is 2.29. The standard InChI is InChI=1S/C24H26N4O5/c1-28-12-11-26-24(28)23(17-5-4-6-18(14-17)31-2)27-22(30)10-8-16-7-9-19(20(13-16)32-3)33-15-21(25)29/h4-14,23H,15H2,1-3H3,(H2,25,29)(H,27,30)/b10-8+. The molecule has 9 heteroatoms. The van der Waals surface area contributed by atoms with Crippen LogP contribution >= 0.6 is 0 Å². The van der Waals surface area contributed by atoms with Gasteiger partial charge in [0.2, 0.25) is 5.91 Å². The lowest BCUT2D eigenvalue weighted by molar-refractivity contribution is -0.120. The van der Waals surface area contributed by atoms with Crippen molar-refractivity contribution in [2.24, 2.45) is 12.8 Å². The smallest absolute Gasteiger partial charge is 0.255 e. The molecule has 1 atom stereocenters. The van der Waals surface area contributed by atoms with Crippen molar-refractivity contribution in [3.63, 3.8) is 0 Å². The first-order chi connectivity index (χ1) is 15.9. The lowest BCUT2D eigenvalue weighted by Gasteiger charge is -2.19. The summed E-state index contributed by atoms with van der Waals surface area (Å²) in [6.45, 7) is -0.257. The van der Waals surface area contributed by atoms with Crippen LogP contribution in [0.4, 0.5) is 0 Å². The van der Waals surface area contributed by atoms with E-state index in [0.29, 0.717) is 28.6 Å². The zero-order valence-corrected chi connectivity index (χ0v) is 18.6. The highest BCUT2D eigenvalue weighted by molar-refractivity contribution is 5.92. The Bertz CT molecular complexity index is 1160. The van der Waals surface area contributed by atoms with Crippen molar-refractivity contribution >= 4 is 17.9 Å². The quantitative estimate of drug-likeness (QED) is 0.458. The van der Waals surface area contributed by atoms with E-state index in [2.05, 4.69) is 10.3 Å². The number of nitrogens with two attached hydrogens (primary N) is 1. The first-order valence-electron chi connectivity index (χ1n) is 10.1. The topological polar surface area (TPSA) is 118 Å². The van der Waals surface area contributed by atoms with E-state index in [4.69, 9.17) is 19.9 Å². The first-order valence-corrected chi connectivity index (χ1v) is 10.1. The molecule has 172 valence electrons. The summed E-state index contributed by atoms with van der Waals surface area (Å²) in [5.74, 6) is 1.27. The third-order valence-electron chi connectivity index (χ3n) is 4.82. The summed E-state index contributed by atoms with van der Waals surface area (Å²) in [5, 5.41) is 3.00. The molecule has 3 rings (SSSR count). The molecular weight excluding hydrogens is 424 g/mol. The second-order valence-electron chi connectivity index (χ2n) is 7.11. The van der Waals surface area contributed by atoms with Gasteiger partial charge in [0.25, 0.3) is 5.91 Å². The minimum absolute atomic E-state index is 0.257. The number of carbonyl (C=O) groups excluding carboxylic acids is 2. The zero-order valence-electron chi connectivity index (χ0n) is 18.6. The zero-order chi connectivity index (χ0) is 23.8. The van der Waals surface area contributed by atoms with Crippen molar-refractivity contribution in [1.29, 1.82) is 0 Å². The Kier molecular flexibility index (Phi) is 7.69. The van der Waals surface area contributed by atoms with Crippen LogP contribution in [0.5, 0.6) is 17.2 Å². The fraction of sp³-hybridized carbons (Fsp3) is 0.208. The van der Waals surface area contributed by atoms with Crippen LogP contribution in [0, 0.1) is 0 Å². The molecule has 0 bridgehead atoms. The number of aryl methyl sites for hydroxylation is 1. The number of rotatable bonds is 10. The Morgan fingerprint density at radius 3 is 2.64 bits per heavy atom. The molecule has 0 fully saturated rings. The highest BCUT2D eigenvalue weighted by Gasteiger charge is 2.20. The molecular formula is C24H26N4O5. The number of nitrogens with zero attached hydrogens (tertiary/aromatic N) is 2. The van der Waals surface area contributed by atoms with Crippen LogP contribution in [-0.4, -0.2) is 42.2 Å². The number of hydrogen-bond donors (Lipinski definition) is 2. The van der Waals surface area contributed by atoms with Crippen molar-refractivity contribution in [2.45, 2.75) is 6.04 Å². The second kappa shape index (κ2) is 10.9. The van der Waals surface area contributed by atoms with E-state index in [1.54, 1.807) is 37.6 Å². The van der Waals surface area contributed by atoms with Crippen LogP contribution in [-0.2, 0) is 16.6 Å². The minimum Gasteiger partial charge on any atom is -0.497 e. The molecule has 33 heavy (non-hydrogen) atoms. The van der Waals surface area contributed by atoms with Gasteiger partial charge in [-0.25, -0.2) is 4.98 Å². The fourth-order valence-electron chi connectivity index (χ4n) is 3.19. The summed E-state index contributed by atoms with van der Waals surface area (Å²) in [7, 11) is 4.94. The number of ether oxygens (including phenoxy) is 3. The predicted octanol–water partition coefficient (Wildman–Crippen LogP) is 2.22. The van der Waals surface area contributed by atoms with Crippen LogP contribution in [0.15, 0.2) is 60.9 Å². The van der Waals surface area contributed by atoms with Crippen LogP contribution < -0.4 is 25.3 Å². The Balaban J connectivity index is 1.79. The predicted molar refractivity (Wildman–Crippen MR) is 123 cm³/mol. The summed E-state index contributed by atoms with van der Waals surface area (Å²) in [5.41, 5.74) is 6.66. The number of aromatic nitrogens is 2. The van der Waals surface area contributed by atoms with Gasteiger partial charge in [-0.15, -0.1) is 0 Å². The molecule has 9 nitrogen and oxygen atoms in total. The maximum atomic E-state index is 12.8. The number of nitrogens with one attached hydrogen (secondary N) is 1. The van der Waals surface area contributed by atoms with Crippen molar-refractivity contribution in [1.82, 2.24) is 14.9 Å². The van der Waals surface area contributed by atoms with Crippen LogP contribution in [0.1, 0.15) is 23.0 Å². The lowest BCUT2D eigenvalue weighted by Crippen LogP contribution is -2.29. The van der Waals surface area contributed by atoms with Gasteiger partial charge in [0.1, 0.15) is 17.6 Å². The molecule has 0 aliphatic carbocycles. The van der Waals surface area contributed by atoms with Gasteiger partial charge in [-0.05, 0) is 41.5 Å². The van der Waals surface area contributed by atoms with Crippen LogP contribution in [0.25, 0.3) is 6.08 Å². The van der Waals surface area contributed by atoms with Crippen molar-refractivity contribution in [3.8, 4) is 17.2 Å². The van der Waals surface area contributed by atoms with Crippen molar-refractivity contribution < 1.29 is 23.8 Å². The molecule has 0 aliphatic rings. The summed E-state index contributed by atoms with van der Waals surface area (Å²) in [6, 6.07) is 12.1. The number of amides is 2. The number of benzene rings is 2. The lowest BCUT2D eigenvalue weighted by atomic mass is 10.1. The number of primary amides is 1. The van der Waals surface area contributed by atoms with Gasteiger partial charge in [0.05, 0.1) is 14.2 Å². The third kappa shape index (κ3) is 6.13. The van der Waals surface area contributed by atoms with E-state index in [1.165, 1.54) is 13.2 Å². The second-order valence-corrected chi connectivity index (χ2v) is 7.11. The summed E-state index contributed by atoms with van der Waals surface area (Å²) in [6.07, 6.45) is 6.57. The number of methoxy groups -OCH3 is 2. The van der Waals surface area contributed by atoms with E-state index in [-0.39, 0.29) is 12.5 Å². The first kappa shape index (κ1) is 23.4. The van der Waals surface area contributed by atoms with Crippen LogP contribution in [0.2, 0.25) is 0 Å². The highest BCUT2D eigenvalue weighted by atomic mass is 16.5. The molecule has 0 saturated heterocycles. The SMILES string of the molecule is COc1cccc(C(NC(=O)/C=C/c2ccc(OCC(N)=O)c(OC)c2)c2nccn2C)c1. The molecule has 3 N–H and O–H groups in total. The average Bonchev–Trinajstić information content (AvgIpc) is 3.25. The van der Waals surface area contributed by atoms with Gasteiger partial charge < -0.3 is 29.8 Å². The summed E-state index contributed by atoms with van der Waals surface area (Å²) < 4.78 is 17.8. The molecule has 0 saturated carbocycles. The normalized spacial score (nSPS) is 11.7. The minimum atomic E-state index is -0.587. The van der Waals surface area contributed by atoms with Crippen molar-refractivity contribution in [2.75, 3.05) is 20.8 Å². The molecule has 2 aromatic carbocycles. The van der Waals surface area contributed by atoms with Crippen LogP contribution in [0.3, 0.4) is 0 Å². The number of imidazole rings is 1. The Labute approximate surface area is 191 Å². The van der Waals surface area contributed by atoms with Gasteiger partial charge >= 0.3 is 0 Å². The third-order valence-corrected chi connectivity index (χ3v) is 4.82. The van der Waals surface area contributed by atoms with Gasteiger partial charge in [-0.2, -0.15) is 0 Å². The van der Waals surface area contributed by atoms with Gasteiger partial charge in [-0.1, -0.05) is 18.2 Å². The Hall–Kier alpha value is -4.27. The molecule has 1 aromatic heterocycles. The van der Waals surface area contributed by atoms with E-state index in [0.717, 1.165) is 5.56 Å². The largest absolute Gasteiger partial charge is 0.497 e. The van der Waals surface area contributed by atoms with Crippen molar-refractivity contribution in [3.05, 3.63) is 77.9 Å².